The number of aliphatic hydroxyl groups is 1. The average Bonchev–Trinajstić information content (AvgIpc) is 3.03. The van der Waals surface area contributed by atoms with Gasteiger partial charge in [-0.1, -0.05) is 24.3 Å². The van der Waals surface area contributed by atoms with Crippen LogP contribution >= 0.6 is 12.4 Å². The van der Waals surface area contributed by atoms with E-state index in [9.17, 15) is 9.90 Å². The Balaban J connectivity index is 0.00000341. The summed E-state index contributed by atoms with van der Waals surface area (Å²) in [6, 6.07) is 14.4. The normalized spacial score (nSPS) is 16.2. The fraction of sp³-hybridized carbons (Fsp3) is 0.458. The molecule has 1 heterocycles. The zero-order valence-electron chi connectivity index (χ0n) is 18.7. The number of hydrogen-bond donors (Lipinski definition) is 2. The van der Waals surface area contributed by atoms with Crippen LogP contribution in [0.1, 0.15) is 52.7 Å². The van der Waals surface area contributed by atoms with Gasteiger partial charge < -0.3 is 24.6 Å². The van der Waals surface area contributed by atoms with Crippen molar-refractivity contribution in [3.05, 3.63) is 54.1 Å². The Labute approximate surface area is 190 Å². The molecule has 0 fully saturated rings. The molecule has 1 aliphatic rings. The van der Waals surface area contributed by atoms with Gasteiger partial charge in [0.2, 0.25) is 5.79 Å². The van der Waals surface area contributed by atoms with Crippen molar-refractivity contribution in [3.8, 4) is 17.2 Å². The first-order valence-electron chi connectivity index (χ1n) is 10.3. The van der Waals surface area contributed by atoms with E-state index in [4.69, 9.17) is 14.2 Å². The van der Waals surface area contributed by atoms with Crippen molar-refractivity contribution < 1.29 is 24.1 Å². The third-order valence-corrected chi connectivity index (χ3v) is 5.06. The maximum absolute atomic E-state index is 12.0. The van der Waals surface area contributed by atoms with Gasteiger partial charge in [0.05, 0.1) is 11.5 Å². The SMILES string of the molecule is CC(NCCC1(C)Oc2ccccc2O1)C(O)c1ccc(OC(=O)C(C)(C)C)cc1.Cl. The summed E-state index contributed by atoms with van der Waals surface area (Å²) in [5.74, 6) is 0.952. The number of carbonyl (C=O) groups is 1. The second-order valence-electron chi connectivity index (χ2n) is 8.93. The van der Waals surface area contributed by atoms with Crippen molar-refractivity contribution in [2.45, 2.75) is 59.0 Å². The van der Waals surface area contributed by atoms with Gasteiger partial charge in [0.25, 0.3) is 0 Å². The van der Waals surface area contributed by atoms with E-state index in [1.807, 2.05) is 58.9 Å². The zero-order valence-corrected chi connectivity index (χ0v) is 19.5. The lowest BCUT2D eigenvalue weighted by Crippen LogP contribution is -2.41. The Bertz CT molecular complexity index is 853. The molecule has 2 aromatic rings. The van der Waals surface area contributed by atoms with Crippen LogP contribution < -0.4 is 19.5 Å². The van der Waals surface area contributed by atoms with Crippen molar-refractivity contribution in [2.24, 2.45) is 5.41 Å². The van der Waals surface area contributed by atoms with Gasteiger partial charge in [-0.25, -0.2) is 0 Å². The van der Waals surface area contributed by atoms with E-state index in [2.05, 4.69) is 5.32 Å². The summed E-state index contributed by atoms with van der Waals surface area (Å²) >= 11 is 0. The van der Waals surface area contributed by atoms with E-state index < -0.39 is 17.3 Å². The van der Waals surface area contributed by atoms with Crippen molar-refractivity contribution >= 4 is 18.4 Å². The topological polar surface area (TPSA) is 77.0 Å². The number of nitrogens with one attached hydrogen (secondary N) is 1. The third kappa shape index (κ3) is 6.35. The maximum atomic E-state index is 12.0. The van der Waals surface area contributed by atoms with Crippen molar-refractivity contribution in [2.75, 3.05) is 6.54 Å². The standard InChI is InChI=1S/C24H31NO5.ClH/c1-16(25-15-14-24(5)29-19-8-6-7-9-20(19)30-24)21(26)17-10-12-18(13-11-17)28-22(27)23(2,3)4;/h6-13,16,21,25-26H,14-15H2,1-5H3;1H. The van der Waals surface area contributed by atoms with Crippen LogP contribution in [0.5, 0.6) is 17.2 Å². The maximum Gasteiger partial charge on any atom is 0.316 e. The van der Waals surface area contributed by atoms with Gasteiger partial charge in [-0.05, 0) is 57.5 Å². The van der Waals surface area contributed by atoms with E-state index in [1.54, 1.807) is 24.3 Å². The molecule has 1 aliphatic heterocycles. The monoisotopic (exact) mass is 449 g/mol. The van der Waals surface area contributed by atoms with Crippen molar-refractivity contribution in [1.29, 1.82) is 0 Å². The van der Waals surface area contributed by atoms with Crippen LogP contribution in [-0.2, 0) is 4.79 Å². The largest absolute Gasteiger partial charge is 0.449 e. The second kappa shape index (κ2) is 9.90. The summed E-state index contributed by atoms with van der Waals surface area (Å²) in [6.45, 7) is 9.87. The fourth-order valence-corrected chi connectivity index (χ4v) is 3.13. The van der Waals surface area contributed by atoms with Crippen molar-refractivity contribution in [3.63, 3.8) is 0 Å². The smallest absolute Gasteiger partial charge is 0.316 e. The summed E-state index contributed by atoms with van der Waals surface area (Å²) in [7, 11) is 0. The van der Waals surface area contributed by atoms with Crippen LogP contribution in [0.25, 0.3) is 0 Å². The first-order valence-corrected chi connectivity index (χ1v) is 10.3. The molecule has 0 amide bonds. The molecule has 3 rings (SSSR count). The highest BCUT2D eigenvalue weighted by Gasteiger charge is 2.36. The van der Waals surface area contributed by atoms with Crippen LogP contribution in [0.4, 0.5) is 0 Å². The van der Waals surface area contributed by atoms with E-state index in [-0.39, 0.29) is 24.4 Å². The number of esters is 1. The summed E-state index contributed by atoms with van der Waals surface area (Å²) in [4.78, 5) is 12.0. The highest BCUT2D eigenvalue weighted by molar-refractivity contribution is 5.85. The van der Waals surface area contributed by atoms with Gasteiger partial charge in [-0.2, -0.15) is 0 Å². The lowest BCUT2D eigenvalue weighted by Gasteiger charge is -2.26. The lowest BCUT2D eigenvalue weighted by molar-refractivity contribution is -0.143. The van der Waals surface area contributed by atoms with Crippen molar-refractivity contribution in [1.82, 2.24) is 5.32 Å². The van der Waals surface area contributed by atoms with E-state index in [1.165, 1.54) is 0 Å². The summed E-state index contributed by atoms with van der Waals surface area (Å²) in [6.07, 6.45) is -0.0757. The molecular weight excluding hydrogens is 418 g/mol. The predicted molar refractivity (Wildman–Crippen MR) is 122 cm³/mol. The molecule has 2 N–H and O–H groups in total. The highest BCUT2D eigenvalue weighted by atomic mass is 35.5. The Morgan fingerprint density at radius 3 is 2.16 bits per heavy atom. The molecule has 7 heteroatoms. The first kappa shape index (κ1) is 25.0. The fourth-order valence-electron chi connectivity index (χ4n) is 3.13. The number of aliphatic hydroxyl groups excluding tert-OH is 1. The van der Waals surface area contributed by atoms with Crippen LogP contribution in [0.15, 0.2) is 48.5 Å². The summed E-state index contributed by atoms with van der Waals surface area (Å²) in [5.41, 5.74) is 0.180. The van der Waals surface area contributed by atoms with Gasteiger partial charge in [-0.15, -0.1) is 12.4 Å². The number of rotatable bonds is 7. The number of carbonyl (C=O) groups excluding carboxylic acids is 1. The average molecular weight is 450 g/mol. The number of hydrogen-bond acceptors (Lipinski definition) is 6. The molecule has 0 saturated carbocycles. The molecule has 0 bridgehead atoms. The summed E-state index contributed by atoms with van der Waals surface area (Å²) < 4.78 is 17.2. The molecule has 31 heavy (non-hydrogen) atoms. The van der Waals surface area contributed by atoms with Gasteiger partial charge in [-0.3, -0.25) is 4.79 Å². The number of fused-ring (bicyclic) bond motifs is 1. The van der Waals surface area contributed by atoms with Gasteiger partial charge in [0, 0.05) is 25.9 Å². The highest BCUT2D eigenvalue weighted by Crippen LogP contribution is 2.40. The molecule has 2 aromatic carbocycles. The van der Waals surface area contributed by atoms with E-state index >= 15 is 0 Å². The van der Waals surface area contributed by atoms with Crippen LogP contribution in [0, 0.1) is 5.41 Å². The molecule has 0 radical (unpaired) electrons. The third-order valence-electron chi connectivity index (χ3n) is 5.06. The predicted octanol–water partition coefficient (Wildman–Crippen LogP) is 4.65. The minimum atomic E-state index is -0.722. The molecular formula is C24H32ClNO5. The summed E-state index contributed by atoms with van der Waals surface area (Å²) in [5, 5.41) is 14.0. The molecule has 170 valence electrons. The molecule has 0 aromatic heterocycles. The molecule has 2 atom stereocenters. The van der Waals surface area contributed by atoms with E-state index in [0.717, 1.165) is 17.1 Å². The number of ether oxygens (including phenoxy) is 3. The Kier molecular flexibility index (Phi) is 7.98. The minimum absolute atomic E-state index is 0. The molecule has 0 aliphatic carbocycles. The number of para-hydroxylation sites is 2. The molecule has 0 spiro atoms. The van der Waals surface area contributed by atoms with Gasteiger partial charge in [0.15, 0.2) is 11.5 Å². The molecule has 2 unspecified atom stereocenters. The Hall–Kier alpha value is -2.28. The minimum Gasteiger partial charge on any atom is -0.449 e. The lowest BCUT2D eigenvalue weighted by atomic mass is 9.97. The number of benzene rings is 2. The Morgan fingerprint density at radius 2 is 1.65 bits per heavy atom. The first-order chi connectivity index (χ1) is 14.1. The van der Waals surface area contributed by atoms with Gasteiger partial charge >= 0.3 is 5.97 Å². The van der Waals surface area contributed by atoms with Crippen LogP contribution in [0.3, 0.4) is 0 Å². The molecule has 6 nitrogen and oxygen atoms in total. The number of halogens is 1. The zero-order chi connectivity index (χ0) is 21.9. The Morgan fingerprint density at radius 1 is 1.10 bits per heavy atom. The van der Waals surface area contributed by atoms with E-state index in [0.29, 0.717) is 18.7 Å². The quantitative estimate of drug-likeness (QED) is 0.473. The van der Waals surface area contributed by atoms with Gasteiger partial charge in [0.1, 0.15) is 5.75 Å². The second-order valence-corrected chi connectivity index (χ2v) is 8.93. The molecule has 0 saturated heterocycles. The van der Waals surface area contributed by atoms with Crippen LogP contribution in [-0.4, -0.2) is 29.4 Å². The van der Waals surface area contributed by atoms with Crippen LogP contribution in [0.2, 0.25) is 0 Å².